The van der Waals surface area contributed by atoms with Gasteiger partial charge in [0, 0.05) is 29.7 Å². The number of aromatic nitrogens is 1. The van der Waals surface area contributed by atoms with Gasteiger partial charge in [0.1, 0.15) is 6.04 Å². The van der Waals surface area contributed by atoms with Crippen LogP contribution < -0.4 is 5.32 Å². The van der Waals surface area contributed by atoms with Crippen LogP contribution in [0, 0.1) is 0 Å². The highest BCUT2D eigenvalue weighted by Gasteiger charge is 2.41. The van der Waals surface area contributed by atoms with E-state index in [9.17, 15) is 13.2 Å². The van der Waals surface area contributed by atoms with Crippen molar-refractivity contribution in [2.24, 2.45) is 7.05 Å². The minimum Gasteiger partial charge on any atom is -0.350 e. The Balaban J connectivity index is 2.62. The van der Waals surface area contributed by atoms with Crippen molar-refractivity contribution >= 4 is 10.9 Å². The highest BCUT2D eigenvalue weighted by Crippen LogP contribution is 2.36. The molecule has 0 spiro atoms. The molecular weight excluding hydrogens is 229 g/mol. The Morgan fingerprint density at radius 1 is 1.24 bits per heavy atom. The fourth-order valence-electron chi connectivity index (χ4n) is 2.10. The van der Waals surface area contributed by atoms with E-state index in [1.54, 1.807) is 23.7 Å². The summed E-state index contributed by atoms with van der Waals surface area (Å²) in [6.07, 6.45) is -2.77. The fourth-order valence-corrected chi connectivity index (χ4v) is 2.10. The number of nitrogens with zero attached hydrogens (tertiary/aromatic N) is 1. The van der Waals surface area contributed by atoms with Crippen LogP contribution in [0.3, 0.4) is 0 Å². The van der Waals surface area contributed by atoms with Crippen molar-refractivity contribution in [3.63, 3.8) is 0 Å². The molecule has 1 unspecified atom stereocenters. The average Bonchev–Trinajstić information content (AvgIpc) is 2.56. The average molecular weight is 242 g/mol. The molecular formula is C12H13F3N2. The van der Waals surface area contributed by atoms with Crippen LogP contribution in [0.25, 0.3) is 10.9 Å². The van der Waals surface area contributed by atoms with Gasteiger partial charge in [-0.15, -0.1) is 0 Å². The summed E-state index contributed by atoms with van der Waals surface area (Å²) in [7, 11) is 3.06. The first-order valence-electron chi connectivity index (χ1n) is 5.23. The fraction of sp³-hybridized carbons (Fsp3) is 0.333. The first kappa shape index (κ1) is 12.0. The predicted molar refractivity (Wildman–Crippen MR) is 60.8 cm³/mol. The van der Waals surface area contributed by atoms with E-state index in [0.717, 1.165) is 5.52 Å². The SMILES string of the molecule is CNC(c1cn(C)c2ccccc12)C(F)(F)F. The third kappa shape index (κ3) is 2.02. The van der Waals surface area contributed by atoms with Gasteiger partial charge in [0.2, 0.25) is 0 Å². The summed E-state index contributed by atoms with van der Waals surface area (Å²) in [4.78, 5) is 0. The van der Waals surface area contributed by atoms with Crippen molar-refractivity contribution in [1.82, 2.24) is 9.88 Å². The van der Waals surface area contributed by atoms with E-state index in [1.807, 2.05) is 12.1 Å². The van der Waals surface area contributed by atoms with E-state index in [4.69, 9.17) is 0 Å². The van der Waals surface area contributed by atoms with E-state index in [2.05, 4.69) is 5.32 Å². The smallest absolute Gasteiger partial charge is 0.350 e. The van der Waals surface area contributed by atoms with Gasteiger partial charge in [-0.05, 0) is 13.1 Å². The number of fused-ring (bicyclic) bond motifs is 1. The Kier molecular flexibility index (Phi) is 2.87. The van der Waals surface area contributed by atoms with Crippen molar-refractivity contribution in [3.8, 4) is 0 Å². The maximum atomic E-state index is 12.9. The van der Waals surface area contributed by atoms with Gasteiger partial charge in [0.25, 0.3) is 0 Å². The zero-order valence-corrected chi connectivity index (χ0v) is 9.55. The molecule has 1 aromatic carbocycles. The van der Waals surface area contributed by atoms with Crippen molar-refractivity contribution < 1.29 is 13.2 Å². The number of rotatable bonds is 2. The number of nitrogens with one attached hydrogen (secondary N) is 1. The molecule has 0 bridgehead atoms. The number of benzene rings is 1. The van der Waals surface area contributed by atoms with E-state index in [0.29, 0.717) is 5.39 Å². The molecule has 92 valence electrons. The third-order valence-corrected chi connectivity index (χ3v) is 2.85. The van der Waals surface area contributed by atoms with Gasteiger partial charge in [-0.2, -0.15) is 13.2 Å². The maximum absolute atomic E-state index is 12.9. The predicted octanol–water partition coefficient (Wildman–Crippen LogP) is 3.00. The summed E-state index contributed by atoms with van der Waals surface area (Å²) >= 11 is 0. The zero-order chi connectivity index (χ0) is 12.6. The molecule has 0 fully saturated rings. The van der Waals surface area contributed by atoms with Crippen LogP contribution >= 0.6 is 0 Å². The molecule has 0 amide bonds. The number of hydrogen-bond acceptors (Lipinski definition) is 1. The zero-order valence-electron chi connectivity index (χ0n) is 9.55. The lowest BCUT2D eigenvalue weighted by atomic mass is 10.1. The molecule has 0 aliphatic carbocycles. The summed E-state index contributed by atoms with van der Waals surface area (Å²) in [5.41, 5.74) is 1.06. The summed E-state index contributed by atoms with van der Waals surface area (Å²) in [6.45, 7) is 0. The second-order valence-corrected chi connectivity index (χ2v) is 3.98. The van der Waals surface area contributed by atoms with Crippen LogP contribution in [0.4, 0.5) is 13.2 Å². The molecule has 1 atom stereocenters. The summed E-state index contributed by atoms with van der Waals surface area (Å²) in [5.74, 6) is 0. The monoisotopic (exact) mass is 242 g/mol. The van der Waals surface area contributed by atoms with E-state index in [-0.39, 0.29) is 5.56 Å². The molecule has 0 saturated carbocycles. The van der Waals surface area contributed by atoms with Gasteiger partial charge < -0.3 is 9.88 Å². The second kappa shape index (κ2) is 4.07. The number of aryl methyl sites for hydroxylation is 1. The summed E-state index contributed by atoms with van der Waals surface area (Å²) in [6, 6.07) is 5.44. The first-order valence-corrected chi connectivity index (χ1v) is 5.23. The molecule has 2 rings (SSSR count). The molecule has 0 aliphatic rings. The molecule has 1 heterocycles. The normalized spacial score (nSPS) is 14.2. The van der Waals surface area contributed by atoms with Crippen LogP contribution in [0.15, 0.2) is 30.5 Å². The number of para-hydroxylation sites is 1. The lowest BCUT2D eigenvalue weighted by Gasteiger charge is -2.19. The molecule has 5 heteroatoms. The van der Waals surface area contributed by atoms with Crippen LogP contribution in [-0.2, 0) is 7.05 Å². The van der Waals surface area contributed by atoms with E-state index < -0.39 is 12.2 Å². The van der Waals surface area contributed by atoms with Crippen molar-refractivity contribution in [1.29, 1.82) is 0 Å². The van der Waals surface area contributed by atoms with E-state index in [1.165, 1.54) is 13.2 Å². The molecule has 0 aliphatic heterocycles. The molecule has 1 N–H and O–H groups in total. The van der Waals surface area contributed by atoms with E-state index >= 15 is 0 Å². The van der Waals surface area contributed by atoms with Crippen LogP contribution in [0.2, 0.25) is 0 Å². The maximum Gasteiger partial charge on any atom is 0.407 e. The number of halogens is 3. The number of alkyl halides is 3. The molecule has 0 radical (unpaired) electrons. The second-order valence-electron chi connectivity index (χ2n) is 3.98. The lowest BCUT2D eigenvalue weighted by Crippen LogP contribution is -2.31. The molecule has 2 nitrogen and oxygen atoms in total. The van der Waals surface area contributed by atoms with Gasteiger partial charge >= 0.3 is 6.18 Å². The summed E-state index contributed by atoms with van der Waals surface area (Å²) in [5, 5.41) is 2.96. The molecule has 1 aromatic heterocycles. The molecule has 17 heavy (non-hydrogen) atoms. The Morgan fingerprint density at radius 2 is 1.88 bits per heavy atom. The highest BCUT2D eigenvalue weighted by molar-refractivity contribution is 5.84. The van der Waals surface area contributed by atoms with Crippen LogP contribution in [-0.4, -0.2) is 17.8 Å². The Morgan fingerprint density at radius 3 is 2.47 bits per heavy atom. The Labute approximate surface area is 97.0 Å². The first-order chi connectivity index (χ1) is 7.95. The van der Waals surface area contributed by atoms with Gasteiger partial charge in [-0.25, -0.2) is 0 Å². The standard InChI is InChI=1S/C12H13F3N2/c1-16-11(12(13,14)15)9-7-17(2)10-6-4-3-5-8(9)10/h3-7,11,16H,1-2H3. The topological polar surface area (TPSA) is 17.0 Å². The van der Waals surface area contributed by atoms with Crippen molar-refractivity contribution in [2.45, 2.75) is 12.2 Å². The quantitative estimate of drug-likeness (QED) is 0.856. The van der Waals surface area contributed by atoms with Gasteiger partial charge in [0.05, 0.1) is 0 Å². The van der Waals surface area contributed by atoms with Crippen molar-refractivity contribution in [3.05, 3.63) is 36.0 Å². The van der Waals surface area contributed by atoms with Crippen LogP contribution in [0.5, 0.6) is 0 Å². The highest BCUT2D eigenvalue weighted by atomic mass is 19.4. The van der Waals surface area contributed by atoms with Gasteiger partial charge in [-0.1, -0.05) is 18.2 Å². The largest absolute Gasteiger partial charge is 0.407 e. The van der Waals surface area contributed by atoms with Gasteiger partial charge in [-0.3, -0.25) is 0 Å². The Hall–Kier alpha value is -1.49. The lowest BCUT2D eigenvalue weighted by molar-refractivity contribution is -0.156. The third-order valence-electron chi connectivity index (χ3n) is 2.85. The van der Waals surface area contributed by atoms with Gasteiger partial charge in [0.15, 0.2) is 0 Å². The molecule has 0 saturated heterocycles. The Bertz CT molecular complexity index is 528. The minimum atomic E-state index is -4.29. The van der Waals surface area contributed by atoms with Crippen LogP contribution in [0.1, 0.15) is 11.6 Å². The molecule has 2 aromatic rings. The van der Waals surface area contributed by atoms with Crippen molar-refractivity contribution in [2.75, 3.05) is 7.05 Å². The number of hydrogen-bond donors (Lipinski definition) is 1. The summed E-state index contributed by atoms with van der Waals surface area (Å²) < 4.78 is 40.3. The minimum absolute atomic E-state index is 0.262.